The van der Waals surface area contributed by atoms with Gasteiger partial charge in [0.2, 0.25) is 5.91 Å². The second-order valence-corrected chi connectivity index (χ2v) is 7.77. The third-order valence-electron chi connectivity index (χ3n) is 6.09. The molecule has 6 heteroatoms. The number of rotatable bonds is 7. The van der Waals surface area contributed by atoms with Crippen LogP contribution in [0.25, 0.3) is 0 Å². The Morgan fingerprint density at radius 1 is 1.10 bits per heavy atom. The minimum absolute atomic E-state index is 0.0773. The van der Waals surface area contributed by atoms with Crippen LogP contribution in [0.1, 0.15) is 24.8 Å². The molecule has 154 valence electrons. The maximum atomic E-state index is 13.2. The summed E-state index contributed by atoms with van der Waals surface area (Å²) in [5.74, 6) is 2.56. The Bertz CT molecular complexity index is 883. The Morgan fingerprint density at radius 2 is 1.93 bits per heavy atom. The average Bonchev–Trinajstić information content (AvgIpc) is 3.35. The number of hydrogen-bond donors (Lipinski definition) is 1. The van der Waals surface area contributed by atoms with Crippen LogP contribution in [0.3, 0.4) is 0 Å². The van der Waals surface area contributed by atoms with E-state index < -0.39 is 0 Å². The molecule has 2 fully saturated rings. The van der Waals surface area contributed by atoms with Crippen LogP contribution < -0.4 is 14.2 Å². The number of methoxy groups -OCH3 is 2. The van der Waals surface area contributed by atoms with Crippen molar-refractivity contribution in [2.24, 2.45) is 5.92 Å². The van der Waals surface area contributed by atoms with Crippen LogP contribution in [-0.2, 0) is 11.2 Å². The molecule has 2 unspecified atom stereocenters. The lowest BCUT2D eigenvalue weighted by atomic mass is 9.98. The Morgan fingerprint density at radius 3 is 2.72 bits per heavy atom. The zero-order valence-corrected chi connectivity index (χ0v) is 16.8. The molecule has 1 amide bonds. The van der Waals surface area contributed by atoms with E-state index in [-0.39, 0.29) is 24.1 Å². The number of carbonyl (C=O) groups excluding carboxylic acids is 1. The second kappa shape index (κ2) is 8.23. The molecule has 6 nitrogen and oxygen atoms in total. The predicted molar refractivity (Wildman–Crippen MR) is 109 cm³/mol. The summed E-state index contributed by atoms with van der Waals surface area (Å²) in [4.78, 5) is 15.2. The summed E-state index contributed by atoms with van der Waals surface area (Å²) in [6.07, 6.45) is 3.55. The van der Waals surface area contributed by atoms with Gasteiger partial charge in [-0.25, -0.2) is 0 Å². The van der Waals surface area contributed by atoms with Gasteiger partial charge < -0.3 is 24.2 Å². The standard InChI is InChI=1S/C23H27NO5/c1-27-18-4-3-5-19(13-18)29-14-20-16-7-8-17(12-16)24(20)23(26)11-15-6-9-21(25)22(10-15)28-2/h3-6,9-10,13,16-17,20,25H,7-8,11-12,14H2,1-2H3/t16?,17?,20-/m0/s1. The van der Waals surface area contributed by atoms with Crippen molar-refractivity contribution in [2.75, 3.05) is 20.8 Å². The molecular weight excluding hydrogens is 370 g/mol. The number of phenolic OH excluding ortho intramolecular Hbond substituents is 1. The minimum Gasteiger partial charge on any atom is -0.504 e. The van der Waals surface area contributed by atoms with Crippen molar-refractivity contribution >= 4 is 5.91 Å². The van der Waals surface area contributed by atoms with Crippen LogP contribution in [0.15, 0.2) is 42.5 Å². The quantitative estimate of drug-likeness (QED) is 0.776. The molecule has 0 spiro atoms. The van der Waals surface area contributed by atoms with E-state index in [1.807, 2.05) is 29.2 Å². The maximum absolute atomic E-state index is 13.2. The molecule has 1 aliphatic heterocycles. The fraction of sp³-hybridized carbons (Fsp3) is 0.435. The fourth-order valence-electron chi connectivity index (χ4n) is 4.67. The van der Waals surface area contributed by atoms with Gasteiger partial charge in [-0.15, -0.1) is 0 Å². The van der Waals surface area contributed by atoms with Crippen molar-refractivity contribution in [1.82, 2.24) is 4.90 Å². The van der Waals surface area contributed by atoms with Crippen molar-refractivity contribution in [1.29, 1.82) is 0 Å². The Labute approximate surface area is 171 Å². The number of nitrogens with zero attached hydrogens (tertiary/aromatic N) is 1. The summed E-state index contributed by atoms with van der Waals surface area (Å²) in [5, 5.41) is 9.78. The van der Waals surface area contributed by atoms with Crippen LogP contribution >= 0.6 is 0 Å². The SMILES string of the molecule is COc1cccc(OC[C@H]2C3CCC(C3)N2C(=O)Cc2ccc(O)c(OC)c2)c1. The summed E-state index contributed by atoms with van der Waals surface area (Å²) in [6, 6.07) is 13.0. The van der Waals surface area contributed by atoms with E-state index in [1.165, 1.54) is 7.11 Å². The molecule has 3 atom stereocenters. The molecule has 1 heterocycles. The number of benzene rings is 2. The van der Waals surface area contributed by atoms with Crippen LogP contribution in [0.4, 0.5) is 0 Å². The van der Waals surface area contributed by atoms with Gasteiger partial charge in [0.15, 0.2) is 11.5 Å². The monoisotopic (exact) mass is 397 g/mol. The topological polar surface area (TPSA) is 68.2 Å². The number of piperidine rings is 1. The van der Waals surface area contributed by atoms with E-state index in [0.29, 0.717) is 24.3 Å². The summed E-state index contributed by atoms with van der Waals surface area (Å²) in [7, 11) is 3.14. The molecule has 2 aliphatic rings. The van der Waals surface area contributed by atoms with Crippen LogP contribution in [0.2, 0.25) is 0 Å². The van der Waals surface area contributed by atoms with Gasteiger partial charge in [-0.1, -0.05) is 12.1 Å². The zero-order chi connectivity index (χ0) is 20.4. The van der Waals surface area contributed by atoms with Crippen LogP contribution in [0.5, 0.6) is 23.0 Å². The highest BCUT2D eigenvalue weighted by Crippen LogP contribution is 2.43. The van der Waals surface area contributed by atoms with E-state index in [2.05, 4.69) is 0 Å². The van der Waals surface area contributed by atoms with E-state index in [4.69, 9.17) is 14.2 Å². The molecule has 1 N–H and O–H groups in total. The van der Waals surface area contributed by atoms with E-state index in [9.17, 15) is 9.90 Å². The normalized spacial score (nSPS) is 22.6. The van der Waals surface area contributed by atoms with E-state index in [0.717, 1.165) is 36.3 Å². The summed E-state index contributed by atoms with van der Waals surface area (Å²) in [5.41, 5.74) is 0.833. The first-order valence-electron chi connectivity index (χ1n) is 10.0. The molecule has 4 rings (SSSR count). The fourth-order valence-corrected chi connectivity index (χ4v) is 4.67. The number of hydrogen-bond acceptors (Lipinski definition) is 5. The molecule has 1 aliphatic carbocycles. The Hall–Kier alpha value is -2.89. The predicted octanol–water partition coefficient (Wildman–Crippen LogP) is 3.41. The third kappa shape index (κ3) is 3.97. The first-order chi connectivity index (χ1) is 14.1. The van der Waals surface area contributed by atoms with Crippen molar-refractivity contribution in [2.45, 2.75) is 37.8 Å². The Balaban J connectivity index is 1.45. The molecule has 1 saturated carbocycles. The van der Waals surface area contributed by atoms with Gasteiger partial charge >= 0.3 is 0 Å². The summed E-state index contributed by atoms with van der Waals surface area (Å²) >= 11 is 0. The maximum Gasteiger partial charge on any atom is 0.227 e. The van der Waals surface area contributed by atoms with Gasteiger partial charge in [-0.3, -0.25) is 4.79 Å². The lowest BCUT2D eigenvalue weighted by Gasteiger charge is -2.35. The van der Waals surface area contributed by atoms with Gasteiger partial charge in [-0.05, 0) is 55.0 Å². The molecule has 0 radical (unpaired) electrons. The molecular formula is C23H27NO5. The highest BCUT2D eigenvalue weighted by Gasteiger charge is 2.48. The first kappa shape index (κ1) is 19.4. The van der Waals surface area contributed by atoms with Crippen molar-refractivity contribution in [3.63, 3.8) is 0 Å². The highest BCUT2D eigenvalue weighted by molar-refractivity contribution is 5.80. The van der Waals surface area contributed by atoms with Gasteiger partial charge in [-0.2, -0.15) is 0 Å². The molecule has 2 aromatic carbocycles. The first-order valence-corrected chi connectivity index (χ1v) is 10.0. The molecule has 29 heavy (non-hydrogen) atoms. The minimum atomic E-state index is 0.0773. The van der Waals surface area contributed by atoms with Gasteiger partial charge in [0.1, 0.15) is 18.1 Å². The van der Waals surface area contributed by atoms with Gasteiger partial charge in [0, 0.05) is 12.1 Å². The third-order valence-corrected chi connectivity index (χ3v) is 6.09. The highest BCUT2D eigenvalue weighted by atomic mass is 16.5. The zero-order valence-electron chi connectivity index (χ0n) is 16.8. The molecule has 0 aromatic heterocycles. The largest absolute Gasteiger partial charge is 0.504 e. The number of fused-ring (bicyclic) bond motifs is 2. The Kier molecular flexibility index (Phi) is 5.51. The van der Waals surface area contributed by atoms with Gasteiger partial charge in [0.05, 0.1) is 26.7 Å². The number of ether oxygens (including phenoxy) is 3. The smallest absolute Gasteiger partial charge is 0.227 e. The van der Waals surface area contributed by atoms with E-state index in [1.54, 1.807) is 25.3 Å². The van der Waals surface area contributed by atoms with Crippen molar-refractivity contribution in [3.05, 3.63) is 48.0 Å². The van der Waals surface area contributed by atoms with Crippen LogP contribution in [0, 0.1) is 5.92 Å². The molecule has 1 saturated heterocycles. The number of carbonyl (C=O) groups is 1. The van der Waals surface area contributed by atoms with Crippen molar-refractivity contribution < 1.29 is 24.1 Å². The lowest BCUT2D eigenvalue weighted by Crippen LogP contribution is -2.48. The van der Waals surface area contributed by atoms with E-state index >= 15 is 0 Å². The van der Waals surface area contributed by atoms with Gasteiger partial charge in [0.25, 0.3) is 0 Å². The summed E-state index contributed by atoms with van der Waals surface area (Å²) in [6.45, 7) is 0.485. The van der Waals surface area contributed by atoms with Crippen LogP contribution in [-0.4, -0.2) is 48.8 Å². The second-order valence-electron chi connectivity index (χ2n) is 7.77. The van der Waals surface area contributed by atoms with Crippen molar-refractivity contribution in [3.8, 4) is 23.0 Å². The molecule has 2 bridgehead atoms. The number of amides is 1. The number of aromatic hydroxyl groups is 1. The average molecular weight is 397 g/mol. The lowest BCUT2D eigenvalue weighted by molar-refractivity contribution is -0.135. The number of likely N-dealkylation sites (tertiary alicyclic amines) is 1. The summed E-state index contributed by atoms with van der Waals surface area (Å²) < 4.78 is 16.5. The number of phenols is 1. The molecule has 2 aromatic rings.